The molecule has 0 bridgehead atoms. The van der Waals surface area contributed by atoms with Gasteiger partial charge in [-0.25, -0.2) is 13.1 Å². The van der Waals surface area contributed by atoms with Crippen molar-refractivity contribution in [1.82, 2.24) is 14.9 Å². The number of benzene rings is 1. The predicted octanol–water partition coefficient (Wildman–Crippen LogP) is 2.99. The number of aromatic nitrogens is 3. The number of aryl methyl sites for hydroxylation is 3. The molecular weight excluding hydrogens is 420 g/mol. The number of carbonyl (C=O) groups is 1. The van der Waals surface area contributed by atoms with E-state index in [-0.39, 0.29) is 30.1 Å². The molecule has 0 saturated carbocycles. The minimum atomic E-state index is -3.07. The molecule has 4 rings (SSSR count). The minimum absolute atomic E-state index is 0.0298. The summed E-state index contributed by atoms with van der Waals surface area (Å²) in [5.41, 5.74) is 2.77. The van der Waals surface area contributed by atoms with E-state index in [1.54, 1.807) is 41.9 Å². The second kappa shape index (κ2) is 8.18. The molecule has 1 saturated heterocycles. The van der Waals surface area contributed by atoms with Gasteiger partial charge in [-0.15, -0.1) is 0 Å². The first-order valence-corrected chi connectivity index (χ1v) is 11.8. The summed E-state index contributed by atoms with van der Waals surface area (Å²) in [6.45, 7) is 5.76. The Morgan fingerprint density at radius 3 is 2.77 bits per heavy atom. The van der Waals surface area contributed by atoms with E-state index in [0.29, 0.717) is 35.0 Å². The highest BCUT2D eigenvalue weighted by Crippen LogP contribution is 2.27. The summed E-state index contributed by atoms with van der Waals surface area (Å²) in [6, 6.07) is 8.31. The Bertz CT molecular complexity index is 1210. The average Bonchev–Trinajstić information content (AvgIpc) is 3.37. The van der Waals surface area contributed by atoms with Gasteiger partial charge in [0.2, 0.25) is 0 Å². The molecule has 3 aromatic rings. The molecule has 1 amide bonds. The Hall–Kier alpha value is -3.14. The van der Waals surface area contributed by atoms with Crippen LogP contribution in [0.3, 0.4) is 0 Å². The molecule has 10 heteroatoms. The summed E-state index contributed by atoms with van der Waals surface area (Å²) in [5, 5.41) is 11.2. The van der Waals surface area contributed by atoms with Crippen LogP contribution in [0, 0.1) is 20.8 Å². The van der Waals surface area contributed by atoms with Crippen LogP contribution in [-0.2, 0) is 16.4 Å². The van der Waals surface area contributed by atoms with Gasteiger partial charge in [-0.2, -0.15) is 5.10 Å². The fraction of sp³-hybridized carbons (Fsp3) is 0.381. The van der Waals surface area contributed by atoms with Gasteiger partial charge in [-0.3, -0.25) is 4.79 Å². The van der Waals surface area contributed by atoms with Crippen molar-refractivity contribution in [2.75, 3.05) is 16.8 Å². The van der Waals surface area contributed by atoms with Crippen LogP contribution in [-0.4, -0.2) is 40.8 Å². The zero-order valence-corrected chi connectivity index (χ0v) is 18.4. The maximum absolute atomic E-state index is 12.9. The summed E-state index contributed by atoms with van der Waals surface area (Å²) in [4.78, 5) is 12.9. The lowest BCUT2D eigenvalue weighted by molar-refractivity contribution is 0.102. The van der Waals surface area contributed by atoms with Gasteiger partial charge in [0.05, 0.1) is 34.5 Å². The number of amides is 1. The Kier molecular flexibility index (Phi) is 5.57. The van der Waals surface area contributed by atoms with E-state index in [4.69, 9.17) is 9.26 Å². The van der Waals surface area contributed by atoms with Crippen molar-refractivity contribution in [2.24, 2.45) is 0 Å². The molecule has 0 radical (unpaired) electrons. The summed E-state index contributed by atoms with van der Waals surface area (Å²) < 4.78 is 36.3. The van der Waals surface area contributed by atoms with Crippen LogP contribution in [0.15, 0.2) is 34.9 Å². The van der Waals surface area contributed by atoms with Gasteiger partial charge in [0.1, 0.15) is 23.9 Å². The van der Waals surface area contributed by atoms with Crippen molar-refractivity contribution in [3.8, 4) is 5.75 Å². The van der Waals surface area contributed by atoms with Crippen LogP contribution < -0.4 is 10.1 Å². The molecule has 1 atom stereocenters. The highest BCUT2D eigenvalue weighted by molar-refractivity contribution is 7.91. The first-order valence-electron chi connectivity index (χ1n) is 9.94. The van der Waals surface area contributed by atoms with Crippen LogP contribution in [0.4, 0.5) is 5.82 Å². The summed E-state index contributed by atoms with van der Waals surface area (Å²) in [5.74, 6) is 1.55. The van der Waals surface area contributed by atoms with Crippen LogP contribution in [0.1, 0.15) is 45.5 Å². The number of nitrogens with one attached hydrogen (secondary N) is 1. The Balaban J connectivity index is 1.48. The molecule has 1 N–H and O–H groups in total. The number of hydrogen-bond acceptors (Lipinski definition) is 7. The van der Waals surface area contributed by atoms with Gasteiger partial charge >= 0.3 is 0 Å². The standard InChI is InChI=1S/C21H24N4O5S/c1-13-9-20(25(23-13)17-7-8-31(27,28)12-17)22-21(26)16-5-4-6-18(10-16)29-11-19-14(2)24-30-15(19)3/h4-6,9-10,17H,7-8,11-12H2,1-3H3,(H,22,26). The number of ether oxygens (including phenoxy) is 1. The predicted molar refractivity (Wildman–Crippen MR) is 114 cm³/mol. The maximum Gasteiger partial charge on any atom is 0.256 e. The zero-order chi connectivity index (χ0) is 22.2. The largest absolute Gasteiger partial charge is 0.489 e. The fourth-order valence-electron chi connectivity index (χ4n) is 3.64. The van der Waals surface area contributed by atoms with Crippen LogP contribution in [0.5, 0.6) is 5.75 Å². The van der Waals surface area contributed by atoms with Crippen molar-refractivity contribution in [1.29, 1.82) is 0 Å². The van der Waals surface area contributed by atoms with Crippen molar-refractivity contribution in [2.45, 2.75) is 39.8 Å². The van der Waals surface area contributed by atoms with E-state index in [0.717, 1.165) is 11.3 Å². The van der Waals surface area contributed by atoms with Gasteiger partial charge in [0.25, 0.3) is 5.91 Å². The van der Waals surface area contributed by atoms with Crippen LogP contribution in [0.2, 0.25) is 0 Å². The van der Waals surface area contributed by atoms with Gasteiger partial charge in [0.15, 0.2) is 9.84 Å². The quantitative estimate of drug-likeness (QED) is 0.621. The third-order valence-electron chi connectivity index (χ3n) is 5.31. The molecular formula is C21H24N4O5S. The first-order chi connectivity index (χ1) is 14.7. The lowest BCUT2D eigenvalue weighted by Gasteiger charge is -2.14. The third-order valence-corrected chi connectivity index (χ3v) is 7.06. The molecule has 9 nitrogen and oxygen atoms in total. The third kappa shape index (κ3) is 4.63. The normalized spacial score (nSPS) is 17.6. The van der Waals surface area contributed by atoms with E-state index in [1.807, 2.05) is 13.8 Å². The molecule has 31 heavy (non-hydrogen) atoms. The van der Waals surface area contributed by atoms with Gasteiger partial charge in [0, 0.05) is 11.6 Å². The van der Waals surface area contributed by atoms with Crippen LogP contribution in [0.25, 0.3) is 0 Å². The average molecular weight is 445 g/mol. The molecule has 1 aliphatic heterocycles. The number of rotatable bonds is 6. The highest BCUT2D eigenvalue weighted by atomic mass is 32.2. The van der Waals surface area contributed by atoms with E-state index < -0.39 is 9.84 Å². The molecule has 164 valence electrons. The van der Waals surface area contributed by atoms with Crippen molar-refractivity contribution >= 4 is 21.6 Å². The molecule has 3 heterocycles. The molecule has 1 unspecified atom stereocenters. The van der Waals surface area contributed by atoms with E-state index in [9.17, 15) is 13.2 Å². The van der Waals surface area contributed by atoms with E-state index in [2.05, 4.69) is 15.6 Å². The van der Waals surface area contributed by atoms with Gasteiger partial charge < -0.3 is 14.6 Å². The summed E-state index contributed by atoms with van der Waals surface area (Å²) in [6.07, 6.45) is 0.483. The second-order valence-corrected chi connectivity index (χ2v) is 9.97. The lowest BCUT2D eigenvalue weighted by Crippen LogP contribution is -2.19. The Morgan fingerprint density at radius 1 is 1.29 bits per heavy atom. The monoisotopic (exact) mass is 444 g/mol. The maximum atomic E-state index is 12.9. The van der Waals surface area contributed by atoms with Gasteiger partial charge in [-0.1, -0.05) is 11.2 Å². The van der Waals surface area contributed by atoms with Gasteiger partial charge in [-0.05, 0) is 45.4 Å². The summed E-state index contributed by atoms with van der Waals surface area (Å²) >= 11 is 0. The summed E-state index contributed by atoms with van der Waals surface area (Å²) in [7, 11) is -3.07. The van der Waals surface area contributed by atoms with E-state index in [1.165, 1.54) is 0 Å². The molecule has 1 aromatic carbocycles. The number of nitrogens with zero attached hydrogens (tertiary/aromatic N) is 3. The zero-order valence-electron chi connectivity index (χ0n) is 17.6. The number of sulfone groups is 1. The first kappa shape index (κ1) is 21.1. The number of hydrogen-bond donors (Lipinski definition) is 1. The molecule has 1 fully saturated rings. The number of anilines is 1. The number of carbonyl (C=O) groups excluding carboxylic acids is 1. The molecule has 1 aliphatic rings. The van der Waals surface area contributed by atoms with Crippen molar-refractivity contribution in [3.05, 3.63) is 58.6 Å². The highest BCUT2D eigenvalue weighted by Gasteiger charge is 2.31. The SMILES string of the molecule is Cc1cc(NC(=O)c2cccc(OCc3c(C)noc3C)c2)n(C2CCS(=O)(=O)C2)n1. The molecule has 0 aliphatic carbocycles. The molecule has 2 aromatic heterocycles. The van der Waals surface area contributed by atoms with Crippen LogP contribution >= 0.6 is 0 Å². The Morgan fingerprint density at radius 2 is 2.10 bits per heavy atom. The fourth-order valence-corrected chi connectivity index (χ4v) is 5.33. The lowest BCUT2D eigenvalue weighted by atomic mass is 10.2. The molecule has 0 spiro atoms. The second-order valence-electron chi connectivity index (χ2n) is 7.75. The topological polar surface area (TPSA) is 116 Å². The van der Waals surface area contributed by atoms with Crippen molar-refractivity contribution < 1.29 is 22.5 Å². The Labute approximate surface area is 180 Å². The van der Waals surface area contributed by atoms with Crippen molar-refractivity contribution in [3.63, 3.8) is 0 Å². The van der Waals surface area contributed by atoms with E-state index >= 15 is 0 Å². The smallest absolute Gasteiger partial charge is 0.256 e. The minimum Gasteiger partial charge on any atom is -0.489 e.